The van der Waals surface area contributed by atoms with Crippen molar-refractivity contribution >= 4 is 0 Å². The summed E-state index contributed by atoms with van der Waals surface area (Å²) in [6.07, 6.45) is 19.4. The van der Waals surface area contributed by atoms with E-state index in [2.05, 4.69) is 37.3 Å². The molecule has 0 bridgehead atoms. The minimum atomic E-state index is 0.891. The lowest BCUT2D eigenvalue weighted by molar-refractivity contribution is 0.254. The Morgan fingerprint density at radius 3 is 2.12 bits per heavy atom. The van der Waals surface area contributed by atoms with Gasteiger partial charge in [-0.25, -0.2) is 0 Å². The molecule has 1 aliphatic rings. The first kappa shape index (κ1) is 19.8. The minimum absolute atomic E-state index is 0.891. The molecule has 0 aliphatic heterocycles. The van der Waals surface area contributed by atoms with Gasteiger partial charge in [0.15, 0.2) is 0 Å². The van der Waals surface area contributed by atoms with Crippen LogP contribution < -0.4 is 0 Å². The van der Waals surface area contributed by atoms with Gasteiger partial charge in [-0.05, 0) is 61.5 Å². The van der Waals surface area contributed by atoms with E-state index in [1.807, 2.05) is 6.08 Å². The molecule has 0 heterocycles. The number of benzene rings is 1. The van der Waals surface area contributed by atoms with E-state index in [0.717, 1.165) is 18.3 Å². The molecular formula is C24H35N. The molecule has 0 atom stereocenters. The number of hydrogen-bond acceptors (Lipinski definition) is 1. The average molecular weight is 338 g/mol. The third-order valence-electron chi connectivity index (χ3n) is 5.83. The Morgan fingerprint density at radius 1 is 0.920 bits per heavy atom. The molecule has 0 saturated heterocycles. The molecule has 1 fully saturated rings. The van der Waals surface area contributed by atoms with Gasteiger partial charge in [0.25, 0.3) is 0 Å². The second kappa shape index (κ2) is 11.9. The van der Waals surface area contributed by atoms with Crippen molar-refractivity contribution in [3.05, 3.63) is 47.5 Å². The fourth-order valence-corrected chi connectivity index (χ4v) is 4.10. The maximum absolute atomic E-state index is 8.52. The highest BCUT2D eigenvalue weighted by atomic mass is 14.3. The lowest BCUT2D eigenvalue weighted by Crippen LogP contribution is -2.15. The predicted molar refractivity (Wildman–Crippen MR) is 107 cm³/mol. The molecule has 0 N–H and O–H groups in total. The van der Waals surface area contributed by atoms with Crippen LogP contribution in [0.15, 0.2) is 36.4 Å². The summed E-state index contributed by atoms with van der Waals surface area (Å²) in [5, 5.41) is 8.52. The zero-order valence-electron chi connectivity index (χ0n) is 16.1. The van der Waals surface area contributed by atoms with E-state index in [0.29, 0.717) is 0 Å². The molecule has 2 rings (SSSR count). The molecule has 0 unspecified atom stereocenters. The Labute approximate surface area is 155 Å². The van der Waals surface area contributed by atoms with Gasteiger partial charge in [-0.15, -0.1) is 0 Å². The second-order valence-electron chi connectivity index (χ2n) is 7.81. The largest absolute Gasteiger partial charge is 0.193 e. The predicted octanol–water partition coefficient (Wildman–Crippen LogP) is 7.02. The van der Waals surface area contributed by atoms with Gasteiger partial charge in [-0.2, -0.15) is 5.26 Å². The van der Waals surface area contributed by atoms with Crippen LogP contribution in [0, 0.1) is 23.2 Å². The Hall–Kier alpha value is -1.55. The van der Waals surface area contributed by atoms with Gasteiger partial charge in [0.1, 0.15) is 0 Å². The van der Waals surface area contributed by atoms with Crippen LogP contribution in [-0.2, 0) is 12.8 Å². The molecule has 1 nitrogen and oxygen atoms in total. The van der Waals surface area contributed by atoms with Crippen LogP contribution in [0.5, 0.6) is 0 Å². The molecule has 1 heteroatoms. The molecule has 1 aromatic rings. The quantitative estimate of drug-likeness (QED) is 0.332. The number of hydrogen-bond donors (Lipinski definition) is 0. The maximum atomic E-state index is 8.52. The SMILES string of the molecule is CCCCCc1ccc(CCC2CCC(CC/C=C/C#N)CC2)cc1. The fourth-order valence-electron chi connectivity index (χ4n) is 4.10. The maximum Gasteiger partial charge on any atom is 0.0908 e. The van der Waals surface area contributed by atoms with E-state index in [-0.39, 0.29) is 0 Å². The van der Waals surface area contributed by atoms with Crippen LogP contribution in [0.25, 0.3) is 0 Å². The van der Waals surface area contributed by atoms with Crippen LogP contribution in [0.1, 0.15) is 82.3 Å². The highest BCUT2D eigenvalue weighted by Gasteiger charge is 2.20. The highest BCUT2D eigenvalue weighted by molar-refractivity contribution is 5.22. The summed E-state index contributed by atoms with van der Waals surface area (Å²) in [7, 11) is 0. The molecule has 1 aliphatic carbocycles. The Bertz CT molecular complexity index is 526. The number of nitrogens with zero attached hydrogens (tertiary/aromatic N) is 1. The molecule has 1 aromatic carbocycles. The van der Waals surface area contributed by atoms with Crippen LogP contribution in [-0.4, -0.2) is 0 Å². The van der Waals surface area contributed by atoms with Crippen molar-refractivity contribution in [3.63, 3.8) is 0 Å². The van der Waals surface area contributed by atoms with Crippen molar-refractivity contribution in [1.82, 2.24) is 0 Å². The molecule has 25 heavy (non-hydrogen) atoms. The summed E-state index contributed by atoms with van der Waals surface area (Å²) in [6, 6.07) is 11.5. The zero-order valence-corrected chi connectivity index (χ0v) is 16.1. The normalized spacial score (nSPS) is 20.6. The third kappa shape index (κ3) is 7.91. The monoisotopic (exact) mass is 337 g/mol. The number of nitriles is 1. The number of allylic oxidation sites excluding steroid dienone is 2. The van der Waals surface area contributed by atoms with E-state index in [1.165, 1.54) is 81.8 Å². The van der Waals surface area contributed by atoms with Gasteiger partial charge in [0.2, 0.25) is 0 Å². The number of rotatable bonds is 10. The average Bonchev–Trinajstić information content (AvgIpc) is 2.66. The first-order valence-electron chi connectivity index (χ1n) is 10.4. The van der Waals surface area contributed by atoms with Gasteiger partial charge in [0, 0.05) is 6.08 Å². The standard InChI is InChI=1S/C24H35N/c1-2-3-5-8-21-10-14-23(15-11-21)18-19-24-16-12-22(13-17-24)9-6-4-7-20-25/h4,7,10-11,14-15,22,24H,2-3,5-6,8-9,12-13,16-19H2,1H3/b7-4+. The molecule has 0 amide bonds. The molecular weight excluding hydrogens is 302 g/mol. The molecule has 136 valence electrons. The van der Waals surface area contributed by atoms with Crippen molar-refractivity contribution in [1.29, 1.82) is 5.26 Å². The van der Waals surface area contributed by atoms with E-state index in [9.17, 15) is 0 Å². The summed E-state index contributed by atoms with van der Waals surface area (Å²) < 4.78 is 0. The summed E-state index contributed by atoms with van der Waals surface area (Å²) in [5.41, 5.74) is 3.02. The zero-order chi connectivity index (χ0) is 17.7. The van der Waals surface area contributed by atoms with Crippen LogP contribution >= 0.6 is 0 Å². The topological polar surface area (TPSA) is 23.8 Å². The lowest BCUT2D eigenvalue weighted by Gasteiger charge is -2.28. The van der Waals surface area contributed by atoms with Gasteiger partial charge >= 0.3 is 0 Å². The number of unbranched alkanes of at least 4 members (excludes halogenated alkanes) is 2. The first-order valence-corrected chi connectivity index (χ1v) is 10.4. The fraction of sp³-hybridized carbons (Fsp3) is 0.625. The van der Waals surface area contributed by atoms with Crippen LogP contribution in [0.2, 0.25) is 0 Å². The van der Waals surface area contributed by atoms with Gasteiger partial charge in [0.05, 0.1) is 6.07 Å². The van der Waals surface area contributed by atoms with Crippen LogP contribution in [0.3, 0.4) is 0 Å². The Morgan fingerprint density at radius 2 is 1.52 bits per heavy atom. The van der Waals surface area contributed by atoms with Crippen molar-refractivity contribution in [2.24, 2.45) is 11.8 Å². The van der Waals surface area contributed by atoms with Gasteiger partial charge in [-0.3, -0.25) is 0 Å². The van der Waals surface area contributed by atoms with Crippen molar-refractivity contribution < 1.29 is 0 Å². The summed E-state index contributed by atoms with van der Waals surface area (Å²) in [4.78, 5) is 0. The summed E-state index contributed by atoms with van der Waals surface area (Å²) >= 11 is 0. The molecule has 1 saturated carbocycles. The van der Waals surface area contributed by atoms with Crippen molar-refractivity contribution in [2.45, 2.75) is 84.0 Å². The first-order chi connectivity index (χ1) is 12.3. The van der Waals surface area contributed by atoms with E-state index in [1.54, 1.807) is 6.08 Å². The summed E-state index contributed by atoms with van der Waals surface area (Å²) in [6.45, 7) is 2.27. The highest BCUT2D eigenvalue weighted by Crippen LogP contribution is 2.34. The van der Waals surface area contributed by atoms with E-state index >= 15 is 0 Å². The minimum Gasteiger partial charge on any atom is -0.193 e. The molecule has 0 spiro atoms. The van der Waals surface area contributed by atoms with Crippen molar-refractivity contribution in [2.75, 3.05) is 0 Å². The smallest absolute Gasteiger partial charge is 0.0908 e. The van der Waals surface area contributed by atoms with E-state index in [4.69, 9.17) is 5.26 Å². The second-order valence-corrected chi connectivity index (χ2v) is 7.81. The van der Waals surface area contributed by atoms with E-state index < -0.39 is 0 Å². The Kier molecular flexibility index (Phi) is 9.42. The van der Waals surface area contributed by atoms with Crippen molar-refractivity contribution in [3.8, 4) is 6.07 Å². The number of aryl methyl sites for hydroxylation is 2. The molecule has 0 aromatic heterocycles. The summed E-state index contributed by atoms with van der Waals surface area (Å²) in [5.74, 6) is 1.82. The van der Waals surface area contributed by atoms with Gasteiger partial charge < -0.3 is 0 Å². The van der Waals surface area contributed by atoms with Crippen LogP contribution in [0.4, 0.5) is 0 Å². The molecule has 0 radical (unpaired) electrons. The Balaban J connectivity index is 1.62. The third-order valence-corrected chi connectivity index (χ3v) is 5.83. The lowest BCUT2D eigenvalue weighted by atomic mass is 9.78. The van der Waals surface area contributed by atoms with Gasteiger partial charge in [-0.1, -0.05) is 75.8 Å².